The summed E-state index contributed by atoms with van der Waals surface area (Å²) in [6, 6.07) is 8.23. The summed E-state index contributed by atoms with van der Waals surface area (Å²) in [4.78, 5) is 0. The van der Waals surface area contributed by atoms with Crippen molar-refractivity contribution in [3.8, 4) is 0 Å². The van der Waals surface area contributed by atoms with Crippen molar-refractivity contribution in [3.63, 3.8) is 0 Å². The van der Waals surface area contributed by atoms with Crippen LogP contribution in [0.15, 0.2) is 29.4 Å². The molecule has 1 aromatic rings. The molecule has 0 heterocycles. The summed E-state index contributed by atoms with van der Waals surface area (Å²) in [7, 11) is 0. The fourth-order valence-corrected chi connectivity index (χ4v) is 1.29. The highest BCUT2D eigenvalue weighted by Crippen LogP contribution is 2.05. The molecule has 80 valence electrons. The Morgan fingerprint density at radius 1 is 1.47 bits per heavy atom. The second kappa shape index (κ2) is 5.88. The van der Waals surface area contributed by atoms with Gasteiger partial charge < -0.3 is 0 Å². The van der Waals surface area contributed by atoms with Gasteiger partial charge in [0.25, 0.3) is 0 Å². The third kappa shape index (κ3) is 4.01. The molecule has 0 unspecified atom stereocenters. The Labute approximate surface area is 100 Å². The molecule has 0 aliphatic heterocycles. The predicted molar refractivity (Wildman–Crippen MR) is 72.6 cm³/mol. The van der Waals surface area contributed by atoms with Gasteiger partial charge in [-0.15, -0.1) is 0 Å². The SMILES string of the molecule is CSC(=S)N/N=C(\C)c1cccc(C)c1. The predicted octanol–water partition coefficient (Wildman–Crippen LogP) is 2.96. The van der Waals surface area contributed by atoms with Crippen molar-refractivity contribution in [1.82, 2.24) is 5.43 Å². The minimum absolute atomic E-state index is 0.682. The molecule has 2 nitrogen and oxygen atoms in total. The molecule has 0 fully saturated rings. The number of thiocarbonyl (C=S) groups is 1. The largest absolute Gasteiger partial charge is 0.262 e. The smallest absolute Gasteiger partial charge is 0.153 e. The molecule has 0 aromatic heterocycles. The number of rotatable bonds is 2. The third-order valence-electron chi connectivity index (χ3n) is 1.94. The minimum atomic E-state index is 0.682. The molecule has 0 radical (unpaired) electrons. The van der Waals surface area contributed by atoms with Crippen molar-refractivity contribution >= 4 is 34.0 Å². The lowest BCUT2D eigenvalue weighted by molar-refractivity contribution is 1.06. The Hall–Kier alpha value is -0.870. The van der Waals surface area contributed by atoms with Gasteiger partial charge in [0.2, 0.25) is 0 Å². The Morgan fingerprint density at radius 3 is 2.80 bits per heavy atom. The molecule has 15 heavy (non-hydrogen) atoms. The Balaban J connectivity index is 2.75. The minimum Gasteiger partial charge on any atom is -0.262 e. The zero-order chi connectivity index (χ0) is 11.3. The zero-order valence-electron chi connectivity index (χ0n) is 9.07. The Bertz CT molecular complexity index is 386. The topological polar surface area (TPSA) is 24.4 Å². The monoisotopic (exact) mass is 238 g/mol. The van der Waals surface area contributed by atoms with Crippen LogP contribution in [0.4, 0.5) is 0 Å². The average molecular weight is 238 g/mol. The van der Waals surface area contributed by atoms with Crippen LogP contribution in [-0.4, -0.2) is 16.3 Å². The summed E-state index contributed by atoms with van der Waals surface area (Å²) in [5.74, 6) is 0. The van der Waals surface area contributed by atoms with Crippen LogP contribution in [0.3, 0.4) is 0 Å². The van der Waals surface area contributed by atoms with E-state index in [1.807, 2.05) is 25.3 Å². The van der Waals surface area contributed by atoms with E-state index in [4.69, 9.17) is 12.2 Å². The molecule has 0 saturated heterocycles. The van der Waals surface area contributed by atoms with E-state index in [0.717, 1.165) is 11.3 Å². The van der Waals surface area contributed by atoms with Gasteiger partial charge in [-0.3, -0.25) is 5.43 Å². The van der Waals surface area contributed by atoms with Crippen LogP contribution in [0.25, 0.3) is 0 Å². The second-order valence-corrected chi connectivity index (χ2v) is 4.65. The molecule has 0 saturated carbocycles. The van der Waals surface area contributed by atoms with E-state index in [9.17, 15) is 0 Å². The van der Waals surface area contributed by atoms with E-state index in [0.29, 0.717) is 4.32 Å². The van der Waals surface area contributed by atoms with Crippen LogP contribution in [0, 0.1) is 6.92 Å². The normalized spacial score (nSPS) is 11.3. The molecule has 1 N–H and O–H groups in total. The maximum absolute atomic E-state index is 4.99. The second-order valence-electron chi connectivity index (χ2n) is 3.17. The number of aryl methyl sites for hydroxylation is 1. The van der Waals surface area contributed by atoms with Crippen LogP contribution >= 0.6 is 24.0 Å². The van der Waals surface area contributed by atoms with Gasteiger partial charge in [-0.2, -0.15) is 5.10 Å². The Kier molecular flexibility index (Phi) is 4.78. The number of nitrogens with one attached hydrogen (secondary N) is 1. The number of nitrogens with zero attached hydrogens (tertiary/aromatic N) is 1. The lowest BCUT2D eigenvalue weighted by Gasteiger charge is -2.03. The van der Waals surface area contributed by atoms with E-state index in [1.54, 1.807) is 0 Å². The van der Waals surface area contributed by atoms with Gasteiger partial charge in [0.1, 0.15) is 0 Å². The molecule has 1 aromatic carbocycles. The highest BCUT2D eigenvalue weighted by atomic mass is 32.2. The van der Waals surface area contributed by atoms with Crippen molar-refractivity contribution in [3.05, 3.63) is 35.4 Å². The Morgan fingerprint density at radius 2 is 2.20 bits per heavy atom. The molecule has 4 heteroatoms. The summed E-state index contributed by atoms with van der Waals surface area (Å²) in [5, 5.41) is 4.21. The molecule has 0 atom stereocenters. The number of hydrazone groups is 1. The van der Waals surface area contributed by atoms with Crippen LogP contribution in [0.2, 0.25) is 0 Å². The molecule has 0 amide bonds. The van der Waals surface area contributed by atoms with Gasteiger partial charge in [-0.25, -0.2) is 0 Å². The fourth-order valence-electron chi connectivity index (χ4n) is 1.11. The quantitative estimate of drug-likeness (QED) is 0.487. The van der Waals surface area contributed by atoms with Gasteiger partial charge in [-0.05, 0) is 25.7 Å². The lowest BCUT2D eigenvalue weighted by atomic mass is 10.1. The molecule has 1 rings (SSSR count). The van der Waals surface area contributed by atoms with E-state index in [-0.39, 0.29) is 0 Å². The van der Waals surface area contributed by atoms with Crippen molar-refractivity contribution in [2.45, 2.75) is 13.8 Å². The highest BCUT2D eigenvalue weighted by Gasteiger charge is 1.97. The van der Waals surface area contributed by atoms with Crippen molar-refractivity contribution in [2.75, 3.05) is 6.26 Å². The average Bonchev–Trinajstić information content (AvgIpc) is 2.25. The van der Waals surface area contributed by atoms with E-state index in [1.165, 1.54) is 17.3 Å². The number of benzene rings is 1. The van der Waals surface area contributed by atoms with Crippen molar-refractivity contribution < 1.29 is 0 Å². The van der Waals surface area contributed by atoms with Crippen LogP contribution < -0.4 is 5.43 Å². The maximum atomic E-state index is 4.99. The first-order valence-corrected chi connectivity index (χ1v) is 6.22. The summed E-state index contributed by atoms with van der Waals surface area (Å²) in [6.07, 6.45) is 1.92. The van der Waals surface area contributed by atoms with Gasteiger partial charge >= 0.3 is 0 Å². The van der Waals surface area contributed by atoms with E-state index in [2.05, 4.69) is 29.6 Å². The summed E-state index contributed by atoms with van der Waals surface area (Å²) in [5.41, 5.74) is 6.12. The molecule has 0 aliphatic rings. The summed E-state index contributed by atoms with van der Waals surface area (Å²) >= 11 is 6.47. The third-order valence-corrected chi connectivity index (χ3v) is 2.99. The van der Waals surface area contributed by atoms with Gasteiger partial charge in [0.15, 0.2) is 4.32 Å². The fraction of sp³-hybridized carbons (Fsp3) is 0.273. The van der Waals surface area contributed by atoms with E-state index >= 15 is 0 Å². The van der Waals surface area contributed by atoms with E-state index < -0.39 is 0 Å². The van der Waals surface area contributed by atoms with Gasteiger partial charge in [-0.1, -0.05) is 53.8 Å². The van der Waals surface area contributed by atoms with Gasteiger partial charge in [0.05, 0.1) is 5.71 Å². The molecular formula is C11H14N2S2. The summed E-state index contributed by atoms with van der Waals surface area (Å²) < 4.78 is 0.682. The molecule has 0 aliphatic carbocycles. The molecular weight excluding hydrogens is 224 g/mol. The first-order valence-electron chi connectivity index (χ1n) is 4.59. The lowest BCUT2D eigenvalue weighted by Crippen LogP contribution is -2.13. The first-order chi connectivity index (χ1) is 7.13. The van der Waals surface area contributed by atoms with Crippen molar-refractivity contribution in [2.24, 2.45) is 5.10 Å². The zero-order valence-corrected chi connectivity index (χ0v) is 10.7. The number of hydrogen-bond acceptors (Lipinski definition) is 3. The maximum Gasteiger partial charge on any atom is 0.153 e. The van der Waals surface area contributed by atoms with Crippen LogP contribution in [0.5, 0.6) is 0 Å². The van der Waals surface area contributed by atoms with Crippen LogP contribution in [-0.2, 0) is 0 Å². The number of hydrogen-bond donors (Lipinski definition) is 1. The van der Waals surface area contributed by atoms with Crippen molar-refractivity contribution in [1.29, 1.82) is 0 Å². The highest BCUT2D eigenvalue weighted by molar-refractivity contribution is 8.22. The molecule has 0 spiro atoms. The number of thioether (sulfide) groups is 1. The molecule has 0 bridgehead atoms. The van der Waals surface area contributed by atoms with Gasteiger partial charge in [0, 0.05) is 0 Å². The van der Waals surface area contributed by atoms with Crippen LogP contribution in [0.1, 0.15) is 18.1 Å². The standard InChI is InChI=1S/C11H14N2S2/c1-8-5-4-6-10(7-8)9(2)12-13-11(14)15-3/h4-7H,1-3H3,(H,13,14)/b12-9+. The first kappa shape index (κ1) is 12.2. The summed E-state index contributed by atoms with van der Waals surface area (Å²) in [6.45, 7) is 4.03.